The fraction of sp³-hybridized carbons (Fsp3) is 0.273. The average molecular weight is 321 g/mol. The van der Waals surface area contributed by atoms with Gasteiger partial charge in [-0.15, -0.1) is 0 Å². The van der Waals surface area contributed by atoms with Crippen LogP contribution in [-0.2, 0) is 4.79 Å². The monoisotopic (exact) mass is 319 g/mol. The van der Waals surface area contributed by atoms with Crippen molar-refractivity contribution in [3.63, 3.8) is 0 Å². The summed E-state index contributed by atoms with van der Waals surface area (Å²) in [4.78, 5) is 23.6. The number of hydrogen-bond donors (Lipinski definition) is 1. The molecular formula is C11H11BrClNO3. The second-order valence-corrected chi connectivity index (χ2v) is 4.76. The van der Waals surface area contributed by atoms with Crippen molar-refractivity contribution in [1.29, 1.82) is 0 Å². The summed E-state index contributed by atoms with van der Waals surface area (Å²) in [6, 6.07) is 4.86. The summed E-state index contributed by atoms with van der Waals surface area (Å²) < 4.78 is 0.712. The fourth-order valence-electron chi connectivity index (χ4n) is 1.21. The van der Waals surface area contributed by atoms with Gasteiger partial charge in [0.25, 0.3) is 5.91 Å². The Hall–Kier alpha value is -1.07. The van der Waals surface area contributed by atoms with Crippen molar-refractivity contribution >= 4 is 39.4 Å². The molecule has 0 atom stereocenters. The maximum Gasteiger partial charge on any atom is 0.305 e. The first-order chi connectivity index (χ1) is 7.91. The molecule has 0 unspecified atom stereocenters. The molecule has 0 heterocycles. The van der Waals surface area contributed by atoms with Gasteiger partial charge in [-0.05, 0) is 34.1 Å². The molecule has 0 aliphatic carbocycles. The molecule has 1 rings (SSSR count). The van der Waals surface area contributed by atoms with Gasteiger partial charge in [0.05, 0.1) is 11.4 Å². The van der Waals surface area contributed by atoms with Crippen LogP contribution in [0.2, 0.25) is 5.02 Å². The van der Waals surface area contributed by atoms with Crippen LogP contribution in [-0.4, -0.2) is 35.5 Å². The Morgan fingerprint density at radius 3 is 2.65 bits per heavy atom. The summed E-state index contributed by atoms with van der Waals surface area (Å²) in [7, 11) is 1.56. The minimum absolute atomic E-state index is 0.0769. The van der Waals surface area contributed by atoms with Crippen LogP contribution < -0.4 is 0 Å². The van der Waals surface area contributed by atoms with E-state index in [1.54, 1.807) is 25.2 Å². The highest BCUT2D eigenvalue weighted by molar-refractivity contribution is 9.10. The largest absolute Gasteiger partial charge is 0.481 e. The molecule has 1 aromatic carbocycles. The van der Waals surface area contributed by atoms with E-state index in [2.05, 4.69) is 15.9 Å². The highest BCUT2D eigenvalue weighted by atomic mass is 79.9. The predicted molar refractivity (Wildman–Crippen MR) is 68.4 cm³/mol. The van der Waals surface area contributed by atoms with Crippen LogP contribution in [0, 0.1) is 0 Å². The number of carbonyl (C=O) groups excluding carboxylic acids is 1. The smallest absolute Gasteiger partial charge is 0.305 e. The highest BCUT2D eigenvalue weighted by Gasteiger charge is 2.13. The fourth-order valence-corrected chi connectivity index (χ4v) is 1.64. The Morgan fingerprint density at radius 1 is 1.47 bits per heavy atom. The van der Waals surface area contributed by atoms with Gasteiger partial charge >= 0.3 is 5.97 Å². The Kier molecular flexibility index (Phi) is 4.96. The van der Waals surface area contributed by atoms with E-state index in [4.69, 9.17) is 16.7 Å². The van der Waals surface area contributed by atoms with Gasteiger partial charge in [-0.1, -0.05) is 11.6 Å². The van der Waals surface area contributed by atoms with Crippen LogP contribution in [0.5, 0.6) is 0 Å². The van der Waals surface area contributed by atoms with Crippen molar-refractivity contribution < 1.29 is 14.7 Å². The third-order valence-electron chi connectivity index (χ3n) is 2.17. The minimum atomic E-state index is -0.932. The first kappa shape index (κ1) is 14.0. The van der Waals surface area contributed by atoms with Crippen molar-refractivity contribution in [2.75, 3.05) is 13.6 Å². The molecule has 0 saturated heterocycles. The summed E-state index contributed by atoms with van der Waals surface area (Å²) in [5.41, 5.74) is 0.436. The van der Waals surface area contributed by atoms with Gasteiger partial charge in [0.1, 0.15) is 0 Å². The quantitative estimate of drug-likeness (QED) is 0.928. The number of halogens is 2. The van der Waals surface area contributed by atoms with Gasteiger partial charge in [0.2, 0.25) is 0 Å². The summed E-state index contributed by atoms with van der Waals surface area (Å²) in [6.07, 6.45) is -0.0769. The third-order valence-corrected chi connectivity index (χ3v) is 3.41. The number of nitrogens with zero attached hydrogens (tertiary/aromatic N) is 1. The van der Waals surface area contributed by atoms with Gasteiger partial charge in [0.15, 0.2) is 0 Å². The molecule has 1 amide bonds. The summed E-state index contributed by atoms with van der Waals surface area (Å²) in [6.45, 7) is 0.169. The zero-order valence-corrected chi connectivity index (χ0v) is 11.5. The normalized spacial score (nSPS) is 10.1. The third kappa shape index (κ3) is 4.02. The second kappa shape index (κ2) is 6.02. The molecule has 0 radical (unpaired) electrons. The lowest BCUT2D eigenvalue weighted by Crippen LogP contribution is -2.29. The van der Waals surface area contributed by atoms with Crippen molar-refractivity contribution in [2.45, 2.75) is 6.42 Å². The number of amides is 1. The molecule has 0 aliphatic rings. The number of carboxylic acids is 1. The Labute approximate surface area is 112 Å². The Morgan fingerprint density at radius 2 is 2.12 bits per heavy atom. The molecule has 92 valence electrons. The zero-order chi connectivity index (χ0) is 13.0. The zero-order valence-electron chi connectivity index (χ0n) is 9.11. The van der Waals surface area contributed by atoms with Crippen LogP contribution in [0.15, 0.2) is 22.7 Å². The number of carbonyl (C=O) groups is 2. The molecule has 0 saturated carbocycles. The van der Waals surface area contributed by atoms with E-state index in [0.29, 0.717) is 15.1 Å². The van der Waals surface area contributed by atoms with E-state index in [0.717, 1.165) is 0 Å². The van der Waals surface area contributed by atoms with Crippen molar-refractivity contribution in [2.24, 2.45) is 0 Å². The van der Waals surface area contributed by atoms with Crippen molar-refractivity contribution in [1.82, 2.24) is 4.90 Å². The number of hydrogen-bond acceptors (Lipinski definition) is 2. The van der Waals surface area contributed by atoms with Crippen molar-refractivity contribution in [3.8, 4) is 0 Å². The molecule has 0 aliphatic heterocycles. The van der Waals surface area contributed by atoms with Gasteiger partial charge in [-0.2, -0.15) is 0 Å². The van der Waals surface area contributed by atoms with E-state index in [1.807, 2.05) is 0 Å². The maximum atomic E-state index is 11.9. The number of aliphatic carboxylic acids is 1. The van der Waals surface area contributed by atoms with Crippen molar-refractivity contribution in [3.05, 3.63) is 33.3 Å². The van der Waals surface area contributed by atoms with Gasteiger partial charge in [0, 0.05) is 23.6 Å². The Bertz CT molecular complexity index is 450. The SMILES string of the molecule is CN(CCC(=O)O)C(=O)c1ccc(Br)c(Cl)c1. The standard InChI is InChI=1S/C11H11BrClNO3/c1-14(5-4-10(15)16)11(17)7-2-3-8(12)9(13)6-7/h2-3,6H,4-5H2,1H3,(H,15,16). The lowest BCUT2D eigenvalue weighted by molar-refractivity contribution is -0.137. The first-order valence-electron chi connectivity index (χ1n) is 4.84. The average Bonchev–Trinajstić information content (AvgIpc) is 2.28. The predicted octanol–water partition coefficient (Wildman–Crippen LogP) is 2.65. The van der Waals surface area contributed by atoms with E-state index < -0.39 is 5.97 Å². The van der Waals surface area contributed by atoms with E-state index in [9.17, 15) is 9.59 Å². The van der Waals surface area contributed by atoms with E-state index >= 15 is 0 Å². The first-order valence-corrected chi connectivity index (χ1v) is 6.01. The molecule has 4 nitrogen and oxygen atoms in total. The molecule has 0 aromatic heterocycles. The number of carboxylic acid groups (broad SMARTS) is 1. The number of benzene rings is 1. The minimum Gasteiger partial charge on any atom is -0.481 e. The molecule has 17 heavy (non-hydrogen) atoms. The lowest BCUT2D eigenvalue weighted by atomic mass is 10.2. The molecule has 6 heteroatoms. The van der Waals surface area contributed by atoms with Crippen LogP contribution in [0.25, 0.3) is 0 Å². The Balaban J connectivity index is 2.74. The molecule has 0 fully saturated rings. The summed E-state index contributed by atoms with van der Waals surface area (Å²) >= 11 is 9.11. The van der Waals surface area contributed by atoms with Gasteiger partial charge < -0.3 is 10.0 Å². The second-order valence-electron chi connectivity index (χ2n) is 3.50. The molecular weight excluding hydrogens is 309 g/mol. The van der Waals surface area contributed by atoms with E-state index in [1.165, 1.54) is 4.90 Å². The molecule has 1 aromatic rings. The van der Waals surface area contributed by atoms with Crippen LogP contribution in [0.3, 0.4) is 0 Å². The van der Waals surface area contributed by atoms with E-state index in [-0.39, 0.29) is 18.9 Å². The van der Waals surface area contributed by atoms with Crippen LogP contribution in [0.4, 0.5) is 0 Å². The molecule has 0 bridgehead atoms. The van der Waals surface area contributed by atoms with Gasteiger partial charge in [-0.3, -0.25) is 9.59 Å². The lowest BCUT2D eigenvalue weighted by Gasteiger charge is -2.16. The van der Waals surface area contributed by atoms with Crippen LogP contribution in [0.1, 0.15) is 16.8 Å². The highest BCUT2D eigenvalue weighted by Crippen LogP contribution is 2.23. The topological polar surface area (TPSA) is 57.6 Å². The summed E-state index contributed by atoms with van der Waals surface area (Å²) in [5.74, 6) is -1.18. The van der Waals surface area contributed by atoms with Crippen LogP contribution >= 0.6 is 27.5 Å². The molecule has 1 N–H and O–H groups in total. The number of rotatable bonds is 4. The summed E-state index contributed by atoms with van der Waals surface area (Å²) in [5, 5.41) is 8.98. The molecule has 0 spiro atoms. The maximum absolute atomic E-state index is 11.9. The van der Waals surface area contributed by atoms with Gasteiger partial charge in [-0.25, -0.2) is 0 Å².